The highest BCUT2D eigenvalue weighted by Gasteiger charge is 2.38. The van der Waals surface area contributed by atoms with Gasteiger partial charge in [0.05, 0.1) is 4.90 Å². The Balaban J connectivity index is 2.14. The normalized spacial score (nSPS) is 12.3. The maximum absolute atomic E-state index is 13.5. The minimum absolute atomic E-state index is 0.0587. The van der Waals surface area contributed by atoms with E-state index >= 15 is 0 Å². The molecule has 1 aromatic heterocycles. The van der Waals surface area contributed by atoms with Crippen molar-refractivity contribution < 1.29 is 26.7 Å². The van der Waals surface area contributed by atoms with Crippen molar-refractivity contribution in [1.82, 2.24) is 10.2 Å². The summed E-state index contributed by atoms with van der Waals surface area (Å²) in [5.41, 5.74) is 0.433. The van der Waals surface area contributed by atoms with Crippen molar-refractivity contribution in [3.05, 3.63) is 59.8 Å². The van der Waals surface area contributed by atoms with Crippen molar-refractivity contribution in [3.8, 4) is 22.4 Å². The number of H-pyrrole nitrogens is 1. The van der Waals surface area contributed by atoms with E-state index in [9.17, 15) is 21.6 Å². The van der Waals surface area contributed by atoms with Gasteiger partial charge in [0.1, 0.15) is 11.4 Å². The van der Waals surface area contributed by atoms with E-state index in [1.807, 2.05) is 0 Å². The molecule has 0 radical (unpaired) electrons. The van der Waals surface area contributed by atoms with E-state index in [-0.39, 0.29) is 22.8 Å². The van der Waals surface area contributed by atoms with Crippen LogP contribution < -0.4 is 0 Å². The summed E-state index contributed by atoms with van der Waals surface area (Å²) in [6.45, 7) is -0.0587. The molecule has 2 aromatic carbocycles. The number of alkyl halides is 3. The van der Waals surface area contributed by atoms with Crippen LogP contribution in [0.15, 0.2) is 53.4 Å². The van der Waals surface area contributed by atoms with Gasteiger partial charge in [0.25, 0.3) is 0 Å². The molecule has 0 saturated heterocycles. The molecule has 1 heterocycles. The third kappa shape index (κ3) is 4.10. The lowest BCUT2D eigenvalue weighted by Crippen LogP contribution is -2.07. The molecule has 2 N–H and O–H groups in total. The molecule has 0 spiro atoms. The van der Waals surface area contributed by atoms with E-state index in [2.05, 4.69) is 10.2 Å². The molecule has 28 heavy (non-hydrogen) atoms. The first-order valence-corrected chi connectivity index (χ1v) is 10.2. The predicted octanol–water partition coefficient (Wildman–Crippen LogP) is 3.70. The van der Waals surface area contributed by atoms with E-state index in [1.54, 1.807) is 24.3 Å². The zero-order chi connectivity index (χ0) is 20.5. The second-order valence-corrected chi connectivity index (χ2v) is 8.30. The minimum atomic E-state index is -4.64. The van der Waals surface area contributed by atoms with Crippen molar-refractivity contribution >= 4 is 9.84 Å². The largest absolute Gasteiger partial charge is 0.433 e. The maximum atomic E-state index is 13.5. The second-order valence-electron chi connectivity index (χ2n) is 6.29. The van der Waals surface area contributed by atoms with Gasteiger partial charge in [0, 0.05) is 24.0 Å². The Hall–Kier alpha value is -2.65. The number of nitrogens with zero attached hydrogens (tertiary/aromatic N) is 1. The van der Waals surface area contributed by atoms with Crippen molar-refractivity contribution in [2.45, 2.75) is 17.5 Å². The van der Waals surface area contributed by atoms with Crippen LogP contribution in [0.2, 0.25) is 0 Å². The fourth-order valence-electron chi connectivity index (χ4n) is 2.86. The quantitative estimate of drug-likeness (QED) is 0.672. The molecule has 0 aliphatic carbocycles. The Kier molecular flexibility index (Phi) is 5.31. The molecule has 0 bridgehead atoms. The first kappa shape index (κ1) is 20.1. The van der Waals surface area contributed by atoms with Gasteiger partial charge >= 0.3 is 6.18 Å². The standard InChI is InChI=1S/C19H17F3N2O3S/c1-28(26,27)15-8-6-14(7-9-15)17-16(18(24-23-17)19(20,21)22)13-4-2-12(3-5-13)10-11-25/h2-9,25H,10-11H2,1H3,(H,23,24). The highest BCUT2D eigenvalue weighted by atomic mass is 32.2. The third-order valence-electron chi connectivity index (χ3n) is 4.25. The summed E-state index contributed by atoms with van der Waals surface area (Å²) in [4.78, 5) is 0.0673. The molecule has 0 amide bonds. The first-order valence-electron chi connectivity index (χ1n) is 8.27. The van der Waals surface area contributed by atoms with Gasteiger partial charge < -0.3 is 5.11 Å². The average molecular weight is 410 g/mol. The molecule has 0 aliphatic heterocycles. The predicted molar refractivity (Wildman–Crippen MR) is 98.4 cm³/mol. The molecule has 5 nitrogen and oxygen atoms in total. The Morgan fingerprint density at radius 3 is 2.07 bits per heavy atom. The molecule has 0 fully saturated rings. The topological polar surface area (TPSA) is 83.0 Å². The van der Waals surface area contributed by atoms with Gasteiger partial charge in [-0.05, 0) is 29.7 Å². The maximum Gasteiger partial charge on any atom is 0.433 e. The van der Waals surface area contributed by atoms with Gasteiger partial charge in [0.15, 0.2) is 9.84 Å². The molecular weight excluding hydrogens is 393 g/mol. The fraction of sp³-hybridized carbons (Fsp3) is 0.211. The molecule has 3 rings (SSSR count). The van der Waals surface area contributed by atoms with Gasteiger partial charge in [-0.25, -0.2) is 8.42 Å². The lowest BCUT2D eigenvalue weighted by Gasteiger charge is -2.10. The average Bonchev–Trinajstić information content (AvgIpc) is 3.07. The van der Waals surface area contributed by atoms with Crippen LogP contribution >= 0.6 is 0 Å². The lowest BCUT2D eigenvalue weighted by molar-refractivity contribution is -0.140. The van der Waals surface area contributed by atoms with Crippen LogP contribution in [0.25, 0.3) is 22.4 Å². The van der Waals surface area contributed by atoms with Crippen molar-refractivity contribution in [3.63, 3.8) is 0 Å². The number of hydrogen-bond donors (Lipinski definition) is 2. The number of aromatic nitrogens is 2. The van der Waals surface area contributed by atoms with Crippen molar-refractivity contribution in [2.75, 3.05) is 12.9 Å². The van der Waals surface area contributed by atoms with Crippen LogP contribution in [0.1, 0.15) is 11.3 Å². The van der Waals surface area contributed by atoms with E-state index in [4.69, 9.17) is 5.11 Å². The van der Waals surface area contributed by atoms with Crippen molar-refractivity contribution in [1.29, 1.82) is 0 Å². The summed E-state index contributed by atoms with van der Waals surface area (Å²) in [6.07, 6.45) is -3.19. The molecule has 0 saturated carbocycles. The summed E-state index contributed by atoms with van der Waals surface area (Å²) in [5, 5.41) is 14.9. The van der Waals surface area contributed by atoms with E-state index in [0.29, 0.717) is 17.5 Å². The molecule has 0 atom stereocenters. The Labute approximate surface area is 159 Å². The second kappa shape index (κ2) is 7.40. The first-order chi connectivity index (χ1) is 13.1. The minimum Gasteiger partial charge on any atom is -0.396 e. The van der Waals surface area contributed by atoms with Gasteiger partial charge in [-0.3, -0.25) is 5.10 Å². The molecular formula is C19H17F3N2O3S. The lowest BCUT2D eigenvalue weighted by atomic mass is 9.97. The monoisotopic (exact) mass is 410 g/mol. The number of aliphatic hydroxyl groups excluding tert-OH is 1. The Morgan fingerprint density at radius 2 is 1.57 bits per heavy atom. The zero-order valence-electron chi connectivity index (χ0n) is 14.8. The van der Waals surface area contributed by atoms with Crippen molar-refractivity contribution in [2.24, 2.45) is 0 Å². The van der Waals surface area contributed by atoms with Crippen LogP contribution in [0.4, 0.5) is 13.2 Å². The van der Waals surface area contributed by atoms with Gasteiger partial charge in [-0.2, -0.15) is 18.3 Å². The summed E-state index contributed by atoms with van der Waals surface area (Å²) in [7, 11) is -3.42. The van der Waals surface area contributed by atoms with Crippen LogP contribution in [-0.4, -0.2) is 36.6 Å². The Morgan fingerprint density at radius 1 is 1.00 bits per heavy atom. The number of aliphatic hydroxyl groups is 1. The number of rotatable bonds is 5. The van der Waals surface area contributed by atoms with E-state index in [0.717, 1.165) is 11.8 Å². The Bertz CT molecular complexity index is 1070. The number of benzene rings is 2. The fourth-order valence-corrected chi connectivity index (χ4v) is 3.49. The summed E-state index contributed by atoms with van der Waals surface area (Å²) >= 11 is 0. The van der Waals surface area contributed by atoms with E-state index < -0.39 is 21.7 Å². The van der Waals surface area contributed by atoms with Gasteiger partial charge in [-0.15, -0.1) is 0 Å². The van der Waals surface area contributed by atoms with Gasteiger partial charge in [-0.1, -0.05) is 36.4 Å². The number of halogens is 3. The van der Waals surface area contributed by atoms with Crippen LogP contribution in [-0.2, 0) is 22.4 Å². The van der Waals surface area contributed by atoms with Crippen LogP contribution in [0.3, 0.4) is 0 Å². The smallest absolute Gasteiger partial charge is 0.396 e. The van der Waals surface area contributed by atoms with Crippen LogP contribution in [0.5, 0.6) is 0 Å². The molecule has 9 heteroatoms. The highest BCUT2D eigenvalue weighted by molar-refractivity contribution is 7.90. The number of sulfone groups is 1. The van der Waals surface area contributed by atoms with Crippen LogP contribution in [0, 0.1) is 0 Å². The number of aromatic amines is 1. The molecule has 148 valence electrons. The number of nitrogens with one attached hydrogen (secondary N) is 1. The zero-order valence-corrected chi connectivity index (χ0v) is 15.6. The molecule has 3 aromatic rings. The van der Waals surface area contributed by atoms with E-state index in [1.165, 1.54) is 24.3 Å². The van der Waals surface area contributed by atoms with Gasteiger partial charge in [0.2, 0.25) is 0 Å². The third-order valence-corrected chi connectivity index (χ3v) is 5.38. The summed E-state index contributed by atoms with van der Waals surface area (Å²) in [5.74, 6) is 0. The molecule has 0 aliphatic rings. The molecule has 0 unspecified atom stereocenters. The summed E-state index contributed by atoms with van der Waals surface area (Å²) < 4.78 is 63.7. The number of hydrogen-bond acceptors (Lipinski definition) is 4. The SMILES string of the molecule is CS(=O)(=O)c1ccc(-c2n[nH]c(C(F)(F)F)c2-c2ccc(CCO)cc2)cc1. The highest BCUT2D eigenvalue weighted by Crippen LogP contribution is 2.41. The summed E-state index contributed by atoms with van der Waals surface area (Å²) in [6, 6.07) is 11.9.